The summed E-state index contributed by atoms with van der Waals surface area (Å²) in [6.07, 6.45) is 1.81. The van der Waals surface area contributed by atoms with Crippen LogP contribution in [-0.4, -0.2) is 66.1 Å². The van der Waals surface area contributed by atoms with Crippen LogP contribution in [0.2, 0.25) is 0 Å². The number of carbonyl (C=O) groups excluding carboxylic acids is 2. The Labute approximate surface area is 219 Å². The van der Waals surface area contributed by atoms with Crippen molar-refractivity contribution in [3.63, 3.8) is 0 Å². The number of hydrogen-bond acceptors (Lipinski definition) is 7. The van der Waals surface area contributed by atoms with Crippen molar-refractivity contribution in [1.29, 1.82) is 0 Å². The zero-order valence-corrected chi connectivity index (χ0v) is 21.3. The number of carboxylic acid groups (broad SMARTS) is 1. The van der Waals surface area contributed by atoms with Gasteiger partial charge < -0.3 is 25.4 Å². The van der Waals surface area contributed by atoms with Crippen molar-refractivity contribution in [3.8, 4) is 11.3 Å². The second kappa shape index (κ2) is 11.5. The number of carbonyl (C=O) groups is 3. The van der Waals surface area contributed by atoms with Crippen LogP contribution in [0.15, 0.2) is 72.9 Å². The fourth-order valence-electron chi connectivity index (χ4n) is 3.99. The Morgan fingerprint density at radius 3 is 2.39 bits per heavy atom. The number of nitrogens with one attached hydrogen (secondary N) is 2. The van der Waals surface area contributed by atoms with Crippen LogP contribution in [0.4, 0.5) is 11.5 Å². The lowest BCUT2D eigenvalue weighted by molar-refractivity contribution is -0.139. The molecule has 1 unspecified atom stereocenters. The second-order valence-corrected chi connectivity index (χ2v) is 8.88. The lowest BCUT2D eigenvalue weighted by Crippen LogP contribution is -2.42. The van der Waals surface area contributed by atoms with Gasteiger partial charge in [0.15, 0.2) is 0 Å². The van der Waals surface area contributed by atoms with Gasteiger partial charge in [-0.05, 0) is 29.8 Å². The molecule has 3 N–H and O–H groups in total. The number of aromatic nitrogens is 2. The van der Waals surface area contributed by atoms with E-state index in [0.717, 1.165) is 16.8 Å². The van der Waals surface area contributed by atoms with Gasteiger partial charge in [-0.1, -0.05) is 42.5 Å². The molecular weight excluding hydrogens is 486 g/mol. The molecule has 10 nitrogen and oxygen atoms in total. The van der Waals surface area contributed by atoms with Crippen LogP contribution in [0.1, 0.15) is 15.9 Å². The monoisotopic (exact) mass is 515 g/mol. The van der Waals surface area contributed by atoms with Gasteiger partial charge in [0, 0.05) is 43.5 Å². The molecule has 2 heterocycles. The van der Waals surface area contributed by atoms with Gasteiger partial charge in [0.2, 0.25) is 0 Å². The Morgan fingerprint density at radius 2 is 1.76 bits per heavy atom. The number of hydrogen-bond donors (Lipinski definition) is 3. The number of pyridine rings is 1. The second-order valence-electron chi connectivity index (χ2n) is 8.88. The number of nitrogens with zero attached hydrogens (tertiary/aromatic N) is 3. The molecule has 1 atom stereocenters. The number of methoxy groups -OCH3 is 1. The Bertz CT molecular complexity index is 1450. The number of rotatable bonds is 10. The van der Waals surface area contributed by atoms with Gasteiger partial charge in [0.25, 0.3) is 5.91 Å². The van der Waals surface area contributed by atoms with E-state index < -0.39 is 23.9 Å². The fraction of sp³-hybridized carbons (Fsp3) is 0.214. The number of amides is 1. The van der Waals surface area contributed by atoms with E-state index in [0.29, 0.717) is 17.2 Å². The fourth-order valence-corrected chi connectivity index (χ4v) is 3.99. The van der Waals surface area contributed by atoms with Gasteiger partial charge in [-0.3, -0.25) is 14.0 Å². The Balaban J connectivity index is 1.65. The summed E-state index contributed by atoms with van der Waals surface area (Å²) in [7, 11) is 5.21. The predicted molar refractivity (Wildman–Crippen MR) is 144 cm³/mol. The number of esters is 1. The lowest BCUT2D eigenvalue weighted by atomic mass is 10.1. The van der Waals surface area contributed by atoms with Crippen molar-refractivity contribution in [1.82, 2.24) is 14.7 Å². The molecule has 0 aliphatic carbocycles. The van der Waals surface area contributed by atoms with Crippen LogP contribution in [0, 0.1) is 0 Å². The van der Waals surface area contributed by atoms with Crippen molar-refractivity contribution < 1.29 is 24.2 Å². The minimum absolute atomic E-state index is 0.0743. The predicted octanol–water partition coefficient (Wildman–Crippen LogP) is 3.08. The molecule has 0 radical (unpaired) electrons. The molecule has 38 heavy (non-hydrogen) atoms. The molecule has 0 aliphatic rings. The summed E-state index contributed by atoms with van der Waals surface area (Å²) >= 11 is 0. The summed E-state index contributed by atoms with van der Waals surface area (Å²) in [4.78, 5) is 43.4. The highest BCUT2D eigenvalue weighted by Gasteiger charge is 2.22. The molecule has 1 amide bonds. The normalized spacial score (nSPS) is 11.6. The van der Waals surface area contributed by atoms with E-state index in [1.54, 1.807) is 22.7 Å². The standard InChI is InChI=1S/C28H29N5O5/c1-32(2)21-11-9-19(10-12-21)25-26(29-17-24(34)38-3)33-14-13-20(16-23(33)31-25)27(35)30-22(28(36)37)15-18-7-5-4-6-8-18/h4-14,16,22,29H,15,17H2,1-3H3,(H,30,35)(H,36,37). The van der Waals surface area contributed by atoms with Crippen LogP contribution in [0.3, 0.4) is 0 Å². The highest BCUT2D eigenvalue weighted by atomic mass is 16.5. The summed E-state index contributed by atoms with van der Waals surface area (Å²) in [5.41, 5.74) is 3.93. The number of ether oxygens (including phenoxy) is 1. The summed E-state index contributed by atoms with van der Waals surface area (Å²) in [6.45, 7) is -0.0743. The molecule has 0 saturated heterocycles. The number of anilines is 2. The van der Waals surface area contributed by atoms with Crippen molar-refractivity contribution in [2.24, 2.45) is 0 Å². The van der Waals surface area contributed by atoms with E-state index in [4.69, 9.17) is 9.72 Å². The van der Waals surface area contributed by atoms with E-state index in [9.17, 15) is 19.5 Å². The highest BCUT2D eigenvalue weighted by Crippen LogP contribution is 2.30. The molecule has 10 heteroatoms. The van der Waals surface area contributed by atoms with Gasteiger partial charge in [0.05, 0.1) is 7.11 Å². The van der Waals surface area contributed by atoms with E-state index in [1.807, 2.05) is 73.6 Å². The van der Waals surface area contributed by atoms with Crippen LogP contribution in [-0.2, 0) is 20.7 Å². The Hall–Kier alpha value is -4.86. The van der Waals surface area contributed by atoms with Crippen LogP contribution >= 0.6 is 0 Å². The van der Waals surface area contributed by atoms with Crippen molar-refractivity contribution in [2.75, 3.05) is 38.0 Å². The molecule has 0 spiro atoms. The largest absolute Gasteiger partial charge is 0.480 e. The number of imidazole rings is 1. The first kappa shape index (κ1) is 26.2. The summed E-state index contributed by atoms with van der Waals surface area (Å²) in [6, 6.07) is 18.9. The third kappa shape index (κ3) is 5.92. The highest BCUT2D eigenvalue weighted by molar-refractivity contribution is 5.97. The molecule has 2 aromatic heterocycles. The Morgan fingerprint density at radius 1 is 1.05 bits per heavy atom. The van der Waals surface area contributed by atoms with Gasteiger partial charge in [-0.25, -0.2) is 9.78 Å². The van der Waals surface area contributed by atoms with Gasteiger partial charge in [-0.15, -0.1) is 0 Å². The molecule has 2 aromatic carbocycles. The summed E-state index contributed by atoms with van der Waals surface area (Å²) < 4.78 is 6.49. The number of fused-ring (bicyclic) bond motifs is 1. The van der Waals surface area contributed by atoms with E-state index >= 15 is 0 Å². The maximum atomic E-state index is 13.0. The number of benzene rings is 2. The molecule has 196 valence electrons. The third-order valence-electron chi connectivity index (χ3n) is 6.06. The zero-order valence-electron chi connectivity index (χ0n) is 21.3. The van der Waals surface area contributed by atoms with Crippen LogP contribution in [0.5, 0.6) is 0 Å². The van der Waals surface area contributed by atoms with Gasteiger partial charge in [0.1, 0.15) is 29.7 Å². The molecule has 0 fully saturated rings. The van der Waals surface area contributed by atoms with Crippen molar-refractivity contribution in [2.45, 2.75) is 12.5 Å². The van der Waals surface area contributed by atoms with Gasteiger partial charge in [-0.2, -0.15) is 0 Å². The average Bonchev–Trinajstić information content (AvgIpc) is 3.29. The number of aliphatic carboxylic acids is 1. The molecule has 0 saturated carbocycles. The van der Waals surface area contributed by atoms with Crippen molar-refractivity contribution >= 4 is 35.0 Å². The maximum absolute atomic E-state index is 13.0. The minimum atomic E-state index is -1.12. The van der Waals surface area contributed by atoms with E-state index in [-0.39, 0.29) is 18.5 Å². The lowest BCUT2D eigenvalue weighted by Gasteiger charge is -2.15. The Kier molecular flexibility index (Phi) is 7.91. The SMILES string of the molecule is COC(=O)CNc1c(-c2ccc(N(C)C)cc2)nc2cc(C(=O)NC(Cc3ccccc3)C(=O)O)ccn12. The molecule has 4 aromatic rings. The molecule has 4 rings (SSSR count). The van der Waals surface area contributed by atoms with E-state index in [1.165, 1.54) is 7.11 Å². The van der Waals surface area contributed by atoms with Gasteiger partial charge >= 0.3 is 11.9 Å². The summed E-state index contributed by atoms with van der Waals surface area (Å²) in [5.74, 6) is -1.54. The first-order valence-corrected chi connectivity index (χ1v) is 11.9. The van der Waals surface area contributed by atoms with Crippen LogP contribution < -0.4 is 15.5 Å². The zero-order chi connectivity index (χ0) is 27.2. The van der Waals surface area contributed by atoms with Crippen LogP contribution in [0.25, 0.3) is 16.9 Å². The molecule has 0 bridgehead atoms. The first-order chi connectivity index (χ1) is 18.3. The molecule has 0 aliphatic heterocycles. The minimum Gasteiger partial charge on any atom is -0.480 e. The smallest absolute Gasteiger partial charge is 0.326 e. The average molecular weight is 516 g/mol. The quantitative estimate of drug-likeness (QED) is 0.275. The van der Waals surface area contributed by atoms with Crippen molar-refractivity contribution in [3.05, 3.63) is 84.1 Å². The summed E-state index contributed by atoms with van der Waals surface area (Å²) in [5, 5.41) is 15.4. The first-order valence-electron chi connectivity index (χ1n) is 11.9. The topological polar surface area (TPSA) is 125 Å². The maximum Gasteiger partial charge on any atom is 0.326 e. The molecular formula is C28H29N5O5. The third-order valence-corrected chi connectivity index (χ3v) is 6.06. The van der Waals surface area contributed by atoms with E-state index in [2.05, 4.69) is 10.6 Å². The number of carboxylic acids is 1.